The van der Waals surface area contributed by atoms with Crippen molar-refractivity contribution in [2.24, 2.45) is 5.73 Å². The van der Waals surface area contributed by atoms with Crippen LogP contribution in [0.15, 0.2) is 9.90 Å². The van der Waals surface area contributed by atoms with Crippen molar-refractivity contribution in [1.82, 2.24) is 15.1 Å². The summed E-state index contributed by atoms with van der Waals surface area (Å²) in [6.07, 6.45) is 3.15. The van der Waals surface area contributed by atoms with Crippen molar-refractivity contribution >= 4 is 11.3 Å². The predicted octanol–water partition coefficient (Wildman–Crippen LogP) is 1.57. The maximum absolute atomic E-state index is 5.48. The molecular weight excluding hydrogens is 224 g/mol. The molecule has 0 spiro atoms. The topological polar surface area (TPSA) is 77.8 Å². The second kappa shape index (κ2) is 3.95. The quantitative estimate of drug-likeness (QED) is 0.871. The van der Waals surface area contributed by atoms with Crippen LogP contribution in [0.4, 0.5) is 0 Å². The predicted molar refractivity (Wildman–Crippen MR) is 60.1 cm³/mol. The third-order valence-corrected chi connectivity index (χ3v) is 3.42. The summed E-state index contributed by atoms with van der Waals surface area (Å²) in [7, 11) is 0. The first-order chi connectivity index (χ1) is 7.86. The van der Waals surface area contributed by atoms with Crippen LogP contribution in [0, 0.1) is 0 Å². The minimum absolute atomic E-state index is 0.514. The molecule has 3 rings (SSSR count). The van der Waals surface area contributed by atoms with Crippen LogP contribution in [0.5, 0.6) is 0 Å². The Hall–Kier alpha value is -1.27. The van der Waals surface area contributed by atoms with E-state index in [9.17, 15) is 0 Å². The van der Waals surface area contributed by atoms with E-state index in [2.05, 4.69) is 15.1 Å². The molecule has 2 aromatic heterocycles. The summed E-state index contributed by atoms with van der Waals surface area (Å²) in [4.78, 5) is 8.76. The van der Waals surface area contributed by atoms with Crippen LogP contribution >= 0.6 is 11.3 Å². The standard InChI is InChI=1S/C10H12N4OS/c11-4-3-8-12-7(5-16-8)10-13-9(14-15-10)6-1-2-6/h5-6H,1-4,11H2. The Labute approximate surface area is 96.7 Å². The number of thiazole rings is 1. The van der Waals surface area contributed by atoms with Gasteiger partial charge in [-0.15, -0.1) is 11.3 Å². The van der Waals surface area contributed by atoms with Crippen molar-refractivity contribution in [3.63, 3.8) is 0 Å². The first kappa shape index (κ1) is 9.92. The van der Waals surface area contributed by atoms with Crippen LogP contribution < -0.4 is 5.73 Å². The number of hydrogen-bond acceptors (Lipinski definition) is 6. The van der Waals surface area contributed by atoms with Gasteiger partial charge < -0.3 is 10.3 Å². The fourth-order valence-electron chi connectivity index (χ4n) is 1.49. The molecule has 16 heavy (non-hydrogen) atoms. The Morgan fingerprint density at radius 2 is 2.31 bits per heavy atom. The zero-order chi connectivity index (χ0) is 11.0. The van der Waals surface area contributed by atoms with Gasteiger partial charge in [0, 0.05) is 17.7 Å². The van der Waals surface area contributed by atoms with Crippen molar-refractivity contribution < 1.29 is 4.52 Å². The fraction of sp³-hybridized carbons (Fsp3) is 0.500. The van der Waals surface area contributed by atoms with E-state index in [1.807, 2.05) is 5.38 Å². The zero-order valence-corrected chi connectivity index (χ0v) is 9.54. The van der Waals surface area contributed by atoms with Gasteiger partial charge in [-0.25, -0.2) is 4.98 Å². The molecule has 2 heterocycles. The number of hydrogen-bond donors (Lipinski definition) is 1. The molecular formula is C10H12N4OS. The van der Waals surface area contributed by atoms with E-state index in [4.69, 9.17) is 10.3 Å². The number of nitrogens with zero attached hydrogens (tertiary/aromatic N) is 3. The normalized spacial score (nSPS) is 15.6. The molecule has 0 radical (unpaired) electrons. The Kier molecular flexibility index (Phi) is 2.45. The zero-order valence-electron chi connectivity index (χ0n) is 8.72. The highest BCUT2D eigenvalue weighted by atomic mass is 32.1. The summed E-state index contributed by atoms with van der Waals surface area (Å²) < 4.78 is 5.20. The Bertz CT molecular complexity index is 488. The van der Waals surface area contributed by atoms with Crippen molar-refractivity contribution in [3.8, 4) is 11.6 Å². The van der Waals surface area contributed by atoms with Crippen LogP contribution in [0.25, 0.3) is 11.6 Å². The van der Waals surface area contributed by atoms with E-state index >= 15 is 0 Å². The Balaban J connectivity index is 1.83. The smallest absolute Gasteiger partial charge is 0.277 e. The highest BCUT2D eigenvalue weighted by Crippen LogP contribution is 2.38. The highest BCUT2D eigenvalue weighted by molar-refractivity contribution is 7.09. The second-order valence-corrected chi connectivity index (χ2v) is 4.84. The summed E-state index contributed by atoms with van der Waals surface area (Å²) in [6.45, 7) is 0.615. The van der Waals surface area contributed by atoms with Gasteiger partial charge >= 0.3 is 0 Å². The monoisotopic (exact) mass is 236 g/mol. The van der Waals surface area contributed by atoms with Gasteiger partial charge in [-0.05, 0) is 19.4 Å². The molecule has 2 N–H and O–H groups in total. The Morgan fingerprint density at radius 3 is 3.06 bits per heavy atom. The van der Waals surface area contributed by atoms with Gasteiger partial charge in [0.1, 0.15) is 5.69 Å². The lowest BCUT2D eigenvalue weighted by molar-refractivity contribution is 0.421. The van der Waals surface area contributed by atoms with Gasteiger partial charge in [0.25, 0.3) is 5.89 Å². The van der Waals surface area contributed by atoms with E-state index in [0.29, 0.717) is 18.4 Å². The molecule has 1 aliphatic carbocycles. The molecule has 84 valence electrons. The van der Waals surface area contributed by atoms with E-state index in [1.165, 1.54) is 12.8 Å². The largest absolute Gasteiger partial charge is 0.332 e. The SMILES string of the molecule is NCCc1nc(-c2nc(C3CC3)no2)cs1. The molecule has 0 aromatic carbocycles. The van der Waals surface area contributed by atoms with Crippen LogP contribution in [0.2, 0.25) is 0 Å². The molecule has 1 saturated carbocycles. The van der Waals surface area contributed by atoms with Gasteiger partial charge in [0.15, 0.2) is 5.82 Å². The summed E-state index contributed by atoms with van der Waals surface area (Å²) in [6, 6.07) is 0. The van der Waals surface area contributed by atoms with E-state index in [-0.39, 0.29) is 0 Å². The lowest BCUT2D eigenvalue weighted by atomic mass is 10.4. The average Bonchev–Trinajstić information content (AvgIpc) is 2.85. The van der Waals surface area contributed by atoms with Gasteiger partial charge in [0.05, 0.1) is 5.01 Å². The van der Waals surface area contributed by atoms with E-state index in [0.717, 1.165) is 22.9 Å². The lowest BCUT2D eigenvalue weighted by Crippen LogP contribution is -2.01. The second-order valence-electron chi connectivity index (χ2n) is 3.90. The molecule has 0 unspecified atom stereocenters. The van der Waals surface area contributed by atoms with Crippen molar-refractivity contribution in [1.29, 1.82) is 0 Å². The maximum atomic E-state index is 5.48. The number of rotatable bonds is 4. The third-order valence-electron chi connectivity index (χ3n) is 2.51. The molecule has 0 bridgehead atoms. The molecule has 0 amide bonds. The lowest BCUT2D eigenvalue weighted by Gasteiger charge is -1.87. The summed E-state index contributed by atoms with van der Waals surface area (Å²) in [5.41, 5.74) is 6.25. The highest BCUT2D eigenvalue weighted by Gasteiger charge is 2.29. The molecule has 0 aliphatic heterocycles. The molecule has 2 aromatic rings. The molecule has 6 heteroatoms. The Morgan fingerprint density at radius 1 is 1.44 bits per heavy atom. The first-order valence-electron chi connectivity index (χ1n) is 5.35. The van der Waals surface area contributed by atoms with Gasteiger partial charge in [0.2, 0.25) is 0 Å². The molecule has 0 saturated heterocycles. The molecule has 1 aliphatic rings. The van der Waals surface area contributed by atoms with Crippen LogP contribution in [0.3, 0.4) is 0 Å². The molecule has 1 fully saturated rings. The summed E-state index contributed by atoms with van der Waals surface area (Å²) in [5.74, 6) is 1.87. The van der Waals surface area contributed by atoms with Crippen LogP contribution in [-0.2, 0) is 6.42 Å². The van der Waals surface area contributed by atoms with Gasteiger partial charge in [-0.1, -0.05) is 5.16 Å². The number of nitrogens with two attached hydrogens (primary N) is 1. The van der Waals surface area contributed by atoms with Gasteiger partial charge in [-0.2, -0.15) is 4.98 Å². The molecule has 0 atom stereocenters. The minimum Gasteiger partial charge on any atom is -0.332 e. The first-order valence-corrected chi connectivity index (χ1v) is 6.23. The van der Waals surface area contributed by atoms with E-state index in [1.54, 1.807) is 11.3 Å². The van der Waals surface area contributed by atoms with Crippen molar-refractivity contribution in [2.45, 2.75) is 25.2 Å². The minimum atomic E-state index is 0.514. The van der Waals surface area contributed by atoms with Gasteiger partial charge in [-0.3, -0.25) is 0 Å². The summed E-state index contributed by atoms with van der Waals surface area (Å²) in [5, 5.41) is 6.92. The fourth-order valence-corrected chi connectivity index (χ4v) is 2.28. The van der Waals surface area contributed by atoms with E-state index < -0.39 is 0 Å². The average molecular weight is 236 g/mol. The van der Waals surface area contributed by atoms with Crippen molar-refractivity contribution in [2.75, 3.05) is 6.54 Å². The van der Waals surface area contributed by atoms with Crippen LogP contribution in [-0.4, -0.2) is 21.7 Å². The van der Waals surface area contributed by atoms with Crippen LogP contribution in [0.1, 0.15) is 29.6 Å². The molecule has 5 nitrogen and oxygen atoms in total. The summed E-state index contributed by atoms with van der Waals surface area (Å²) >= 11 is 1.58. The van der Waals surface area contributed by atoms with Crippen molar-refractivity contribution in [3.05, 3.63) is 16.2 Å². The third kappa shape index (κ3) is 1.85. The maximum Gasteiger partial charge on any atom is 0.277 e. The number of aromatic nitrogens is 3.